The molecule has 0 spiro atoms. The fourth-order valence-corrected chi connectivity index (χ4v) is 9.25. The quantitative estimate of drug-likeness (QED) is 0.0321. The lowest BCUT2D eigenvalue weighted by atomic mass is 10.0. The van der Waals surface area contributed by atoms with Crippen LogP contribution in [0.1, 0.15) is 322 Å². The van der Waals surface area contributed by atoms with Crippen molar-refractivity contribution in [3.63, 3.8) is 0 Å². The second-order valence-corrected chi connectivity index (χ2v) is 20.7. The van der Waals surface area contributed by atoms with E-state index in [0.717, 1.165) is 64.2 Å². The molecule has 0 saturated carbocycles. The fraction of sp³-hybridized carbons (Fsp3) is 0.871. The van der Waals surface area contributed by atoms with Crippen molar-refractivity contribution >= 4 is 11.9 Å². The van der Waals surface area contributed by atoms with Crippen LogP contribution in [0.2, 0.25) is 0 Å². The highest BCUT2D eigenvalue weighted by Crippen LogP contribution is 2.17. The lowest BCUT2D eigenvalue weighted by molar-refractivity contribution is -0.143. The molecule has 0 aliphatic heterocycles. The van der Waals surface area contributed by atoms with Gasteiger partial charge in [0.15, 0.2) is 0 Å². The number of hydrogen-bond acceptors (Lipinski definition) is 5. The van der Waals surface area contributed by atoms with Crippen LogP contribution in [0.4, 0.5) is 0 Å². The second kappa shape index (κ2) is 57.7. The Morgan fingerprint density at radius 1 is 0.412 bits per heavy atom. The van der Waals surface area contributed by atoms with Crippen LogP contribution in [0.15, 0.2) is 36.5 Å². The number of carbonyl (C=O) groups is 2. The van der Waals surface area contributed by atoms with E-state index in [9.17, 15) is 19.8 Å². The molecule has 0 saturated heterocycles. The molecule has 0 heterocycles. The molecule has 68 heavy (non-hydrogen) atoms. The second-order valence-electron chi connectivity index (χ2n) is 20.7. The van der Waals surface area contributed by atoms with E-state index in [1.807, 2.05) is 0 Å². The number of aliphatic hydroxyl groups is 2. The Morgan fingerprint density at radius 2 is 0.735 bits per heavy atom. The standard InChI is InChI=1S/C62H117NO5/c1-3-5-7-9-11-13-15-17-19-20-24-28-32-36-40-44-48-52-56-62(67)68-57-53-49-45-41-37-33-29-25-22-21-23-27-31-35-39-43-47-51-55-61(66)63-59(58-64)60(65)54-50-46-42-38-34-30-26-18-16-14-12-10-8-6-4-2/h13,15,19-20,23,27,59-60,64-65H,3-12,14,16-18,21-22,24-26,28-58H2,1-2H3,(H,63,66)/b15-13-,20-19-,27-23-. The van der Waals surface area contributed by atoms with E-state index >= 15 is 0 Å². The van der Waals surface area contributed by atoms with Gasteiger partial charge in [0, 0.05) is 12.8 Å². The molecule has 0 aliphatic rings. The molecule has 0 rings (SSSR count). The summed E-state index contributed by atoms with van der Waals surface area (Å²) in [5.41, 5.74) is 0. The van der Waals surface area contributed by atoms with Crippen molar-refractivity contribution in [3.05, 3.63) is 36.5 Å². The number of aliphatic hydroxyl groups excluding tert-OH is 2. The maximum atomic E-state index is 12.5. The number of esters is 1. The molecule has 0 aromatic heterocycles. The molecule has 0 fully saturated rings. The zero-order chi connectivity index (χ0) is 49.3. The summed E-state index contributed by atoms with van der Waals surface area (Å²) in [5.74, 6) is -0.0528. The van der Waals surface area contributed by atoms with Crippen LogP contribution in [0.5, 0.6) is 0 Å². The Balaban J connectivity index is 3.44. The highest BCUT2D eigenvalue weighted by atomic mass is 16.5. The van der Waals surface area contributed by atoms with Gasteiger partial charge in [-0.2, -0.15) is 0 Å². The van der Waals surface area contributed by atoms with E-state index in [0.29, 0.717) is 25.9 Å². The summed E-state index contributed by atoms with van der Waals surface area (Å²) in [6.45, 7) is 4.93. The summed E-state index contributed by atoms with van der Waals surface area (Å²) < 4.78 is 5.48. The van der Waals surface area contributed by atoms with E-state index in [2.05, 4.69) is 55.6 Å². The van der Waals surface area contributed by atoms with Crippen LogP contribution in [0, 0.1) is 0 Å². The van der Waals surface area contributed by atoms with Crippen LogP contribution in [0.3, 0.4) is 0 Å². The topological polar surface area (TPSA) is 95.9 Å². The van der Waals surface area contributed by atoms with Gasteiger partial charge >= 0.3 is 5.97 Å². The number of amides is 1. The van der Waals surface area contributed by atoms with E-state index in [-0.39, 0.29) is 18.5 Å². The predicted octanol–water partition coefficient (Wildman–Crippen LogP) is 18.8. The van der Waals surface area contributed by atoms with Crippen molar-refractivity contribution in [3.8, 4) is 0 Å². The summed E-state index contributed by atoms with van der Waals surface area (Å²) in [7, 11) is 0. The number of ether oxygens (including phenoxy) is 1. The number of rotatable bonds is 56. The zero-order valence-corrected chi connectivity index (χ0v) is 45.6. The van der Waals surface area contributed by atoms with Crippen molar-refractivity contribution in [2.24, 2.45) is 0 Å². The Bertz CT molecular complexity index is 1100. The Morgan fingerprint density at radius 3 is 1.15 bits per heavy atom. The van der Waals surface area contributed by atoms with Gasteiger partial charge in [-0.3, -0.25) is 9.59 Å². The third-order valence-corrected chi connectivity index (χ3v) is 13.9. The molecule has 2 unspecified atom stereocenters. The first-order valence-corrected chi connectivity index (χ1v) is 30.2. The Hall–Kier alpha value is -1.92. The van der Waals surface area contributed by atoms with Gasteiger partial charge in [0.2, 0.25) is 5.91 Å². The largest absolute Gasteiger partial charge is 0.466 e. The lowest BCUT2D eigenvalue weighted by Gasteiger charge is -2.22. The third kappa shape index (κ3) is 53.4. The van der Waals surface area contributed by atoms with Gasteiger partial charge in [0.1, 0.15) is 0 Å². The van der Waals surface area contributed by atoms with Gasteiger partial charge < -0.3 is 20.3 Å². The molecule has 6 nitrogen and oxygen atoms in total. The Labute approximate surface area is 424 Å². The highest BCUT2D eigenvalue weighted by Gasteiger charge is 2.20. The summed E-state index contributed by atoms with van der Waals surface area (Å²) in [4.78, 5) is 24.6. The van der Waals surface area contributed by atoms with Crippen LogP contribution in [-0.4, -0.2) is 47.4 Å². The number of hydrogen-bond donors (Lipinski definition) is 3. The van der Waals surface area contributed by atoms with E-state index in [4.69, 9.17) is 4.74 Å². The molecule has 0 bridgehead atoms. The average Bonchev–Trinajstić information content (AvgIpc) is 3.34. The molecule has 3 N–H and O–H groups in total. The molecule has 0 aromatic rings. The van der Waals surface area contributed by atoms with E-state index in [1.165, 1.54) is 225 Å². The molecular weight excluding hydrogens is 839 g/mol. The number of carbonyl (C=O) groups excluding carboxylic acids is 2. The van der Waals surface area contributed by atoms with Crippen LogP contribution in [0.25, 0.3) is 0 Å². The van der Waals surface area contributed by atoms with E-state index < -0.39 is 12.1 Å². The number of unbranched alkanes of at least 4 members (excludes halogenated alkanes) is 39. The maximum Gasteiger partial charge on any atom is 0.305 e. The van der Waals surface area contributed by atoms with Crippen molar-refractivity contribution in [1.29, 1.82) is 0 Å². The first-order chi connectivity index (χ1) is 33.5. The summed E-state index contributed by atoms with van der Waals surface area (Å²) in [6.07, 6.45) is 71.4. The minimum absolute atomic E-state index is 0.00426. The van der Waals surface area contributed by atoms with E-state index in [1.54, 1.807) is 0 Å². The zero-order valence-electron chi connectivity index (χ0n) is 45.6. The minimum atomic E-state index is -0.673. The van der Waals surface area contributed by atoms with Crippen LogP contribution in [-0.2, 0) is 14.3 Å². The van der Waals surface area contributed by atoms with Gasteiger partial charge in [0.05, 0.1) is 25.4 Å². The molecule has 2 atom stereocenters. The fourth-order valence-electron chi connectivity index (χ4n) is 9.25. The number of nitrogens with one attached hydrogen (secondary N) is 1. The lowest BCUT2D eigenvalue weighted by Crippen LogP contribution is -2.45. The van der Waals surface area contributed by atoms with Gasteiger partial charge in [-0.1, -0.05) is 262 Å². The van der Waals surface area contributed by atoms with Crippen molar-refractivity contribution in [1.82, 2.24) is 5.32 Å². The smallest absolute Gasteiger partial charge is 0.305 e. The molecule has 400 valence electrons. The molecule has 0 aromatic carbocycles. The summed E-state index contributed by atoms with van der Waals surface area (Å²) in [5, 5.41) is 23.3. The monoisotopic (exact) mass is 956 g/mol. The minimum Gasteiger partial charge on any atom is -0.466 e. The van der Waals surface area contributed by atoms with Crippen molar-refractivity contribution < 1.29 is 24.5 Å². The first kappa shape index (κ1) is 66.1. The predicted molar refractivity (Wildman–Crippen MR) is 296 cm³/mol. The van der Waals surface area contributed by atoms with Gasteiger partial charge in [-0.15, -0.1) is 0 Å². The van der Waals surface area contributed by atoms with Crippen molar-refractivity contribution in [2.75, 3.05) is 13.2 Å². The highest BCUT2D eigenvalue weighted by molar-refractivity contribution is 5.76. The van der Waals surface area contributed by atoms with Crippen LogP contribution < -0.4 is 5.32 Å². The van der Waals surface area contributed by atoms with Gasteiger partial charge in [0.25, 0.3) is 0 Å². The maximum absolute atomic E-state index is 12.5. The molecular formula is C62H117NO5. The van der Waals surface area contributed by atoms with Crippen molar-refractivity contribution in [2.45, 2.75) is 334 Å². The molecule has 0 radical (unpaired) electrons. The normalized spacial score (nSPS) is 12.8. The van der Waals surface area contributed by atoms with Gasteiger partial charge in [-0.25, -0.2) is 0 Å². The van der Waals surface area contributed by atoms with Crippen LogP contribution >= 0.6 is 0 Å². The number of allylic oxidation sites excluding steroid dienone is 6. The first-order valence-electron chi connectivity index (χ1n) is 30.2. The average molecular weight is 957 g/mol. The molecule has 6 heteroatoms. The summed E-state index contributed by atoms with van der Waals surface area (Å²) >= 11 is 0. The molecule has 1 amide bonds. The Kier molecular flexibility index (Phi) is 56.0. The third-order valence-electron chi connectivity index (χ3n) is 13.9. The SMILES string of the molecule is CCCCCC/C=C\C/C=C\CCCCCCCCCC(=O)OCCCCCCCCCCC/C=C\CCCCCCCC(=O)NC(CO)C(O)CCCCCCCCCCCCCCCCC. The molecule has 0 aliphatic carbocycles. The summed E-state index contributed by atoms with van der Waals surface area (Å²) in [6, 6.07) is -0.552. The van der Waals surface area contributed by atoms with Gasteiger partial charge in [-0.05, 0) is 83.5 Å².